The van der Waals surface area contributed by atoms with E-state index in [0.29, 0.717) is 17.5 Å². The maximum absolute atomic E-state index is 13.0. The molecule has 1 aromatic heterocycles. The van der Waals surface area contributed by atoms with Gasteiger partial charge in [-0.1, -0.05) is 33.9 Å². The number of nitrogens with zero attached hydrogens (tertiary/aromatic N) is 2. The van der Waals surface area contributed by atoms with Crippen LogP contribution in [0.5, 0.6) is 0 Å². The Morgan fingerprint density at radius 3 is 2.79 bits per heavy atom. The van der Waals surface area contributed by atoms with E-state index in [-0.39, 0.29) is 33.5 Å². The topological polar surface area (TPSA) is 117 Å². The highest BCUT2D eigenvalue weighted by Crippen LogP contribution is 2.38. The fourth-order valence-corrected chi connectivity index (χ4v) is 4.25. The van der Waals surface area contributed by atoms with Gasteiger partial charge in [-0.15, -0.1) is 0 Å². The zero-order valence-electron chi connectivity index (χ0n) is 14.9. The van der Waals surface area contributed by atoms with Gasteiger partial charge >= 0.3 is 0 Å². The van der Waals surface area contributed by atoms with Crippen LogP contribution in [0.1, 0.15) is 65.4 Å². The van der Waals surface area contributed by atoms with Gasteiger partial charge in [0.05, 0.1) is 16.8 Å². The zero-order chi connectivity index (χ0) is 20.0. The molecule has 2 heterocycles. The number of oxime groups is 1. The van der Waals surface area contributed by atoms with Crippen molar-refractivity contribution < 1.29 is 18.4 Å². The highest BCUT2D eigenvalue weighted by Gasteiger charge is 2.31. The van der Waals surface area contributed by atoms with Gasteiger partial charge in [0.2, 0.25) is 5.78 Å². The first kappa shape index (κ1) is 19.1. The van der Waals surface area contributed by atoms with Gasteiger partial charge in [0.25, 0.3) is 5.56 Å². The average Bonchev–Trinajstić information content (AvgIpc) is 3.27. The van der Waals surface area contributed by atoms with Gasteiger partial charge in [-0.05, 0) is 31.4 Å². The minimum absolute atomic E-state index is 0.000304. The van der Waals surface area contributed by atoms with Gasteiger partial charge in [-0.25, -0.2) is 4.68 Å². The summed E-state index contributed by atoms with van der Waals surface area (Å²) in [6.45, 7) is 1.79. The lowest BCUT2D eigenvalue weighted by Crippen LogP contribution is -2.21. The van der Waals surface area contributed by atoms with Crippen LogP contribution in [-0.4, -0.2) is 30.0 Å². The first-order valence-corrected chi connectivity index (χ1v) is 10.4. The summed E-state index contributed by atoms with van der Waals surface area (Å²) in [5.74, 6) is -0.779. The summed E-state index contributed by atoms with van der Waals surface area (Å²) in [5.41, 5.74) is 1.34. The second kappa shape index (κ2) is 7.31. The molecule has 2 atom stereocenters. The summed E-state index contributed by atoms with van der Waals surface area (Å²) in [5, 5.41) is 6.81. The number of hydrogen-bond donors (Lipinski definition) is 1. The van der Waals surface area contributed by atoms with Gasteiger partial charge in [0, 0.05) is 29.5 Å². The lowest BCUT2D eigenvalue weighted by atomic mass is 9.94. The van der Waals surface area contributed by atoms with E-state index in [1.807, 2.05) is 0 Å². The van der Waals surface area contributed by atoms with Crippen molar-refractivity contribution in [1.29, 1.82) is 0 Å². The normalized spacial score (nSPS) is 20.0. The molecule has 1 fully saturated rings. The summed E-state index contributed by atoms with van der Waals surface area (Å²) in [6, 6.07) is 3.10. The Morgan fingerprint density at radius 1 is 1.43 bits per heavy atom. The summed E-state index contributed by atoms with van der Waals surface area (Å²) in [6.07, 6.45) is 3.05. The molecule has 1 saturated carbocycles. The Morgan fingerprint density at radius 2 is 2.18 bits per heavy atom. The number of halogens is 1. The maximum Gasteiger partial charge on any atom is 0.277 e. The van der Waals surface area contributed by atoms with Gasteiger partial charge in [0.15, 0.2) is 6.10 Å². The molecule has 2 aromatic rings. The number of nitrogens with one attached hydrogen (secondary N) is 1. The van der Waals surface area contributed by atoms with E-state index in [2.05, 4.69) is 10.3 Å². The third-order valence-corrected chi connectivity index (χ3v) is 5.83. The summed E-state index contributed by atoms with van der Waals surface area (Å²) >= 11 is 4.19. The molecular weight excluding hydrogens is 406 g/mol. The van der Waals surface area contributed by atoms with E-state index >= 15 is 0 Å². The Balaban J connectivity index is 1.76. The summed E-state index contributed by atoms with van der Waals surface area (Å²) in [7, 11) is 0. The van der Waals surface area contributed by atoms with Crippen LogP contribution >= 0.6 is 11.6 Å². The van der Waals surface area contributed by atoms with Crippen LogP contribution in [0.25, 0.3) is 0 Å². The number of carbonyl (C=O) groups is 1. The summed E-state index contributed by atoms with van der Waals surface area (Å²) in [4.78, 5) is 30.9. The number of aromatic amines is 1. The van der Waals surface area contributed by atoms with Crippen LogP contribution in [0, 0.1) is 0 Å². The van der Waals surface area contributed by atoms with Crippen molar-refractivity contribution in [3.05, 3.63) is 56.0 Å². The smallest absolute Gasteiger partial charge is 0.277 e. The largest absolute Gasteiger partial charge is 0.772 e. The van der Waals surface area contributed by atoms with Crippen molar-refractivity contribution in [3.8, 4) is 0 Å². The summed E-state index contributed by atoms with van der Waals surface area (Å²) < 4.78 is 23.9. The van der Waals surface area contributed by atoms with E-state index in [1.54, 1.807) is 6.92 Å². The number of benzene rings is 1. The Bertz CT molecular complexity index is 1070. The second-order valence-electron chi connectivity index (χ2n) is 7.00. The molecule has 0 spiro atoms. The number of carbonyl (C=O) groups excluding carboxylic acids is 1. The van der Waals surface area contributed by atoms with Crippen molar-refractivity contribution in [2.75, 3.05) is 0 Å². The van der Waals surface area contributed by atoms with Crippen molar-refractivity contribution in [3.63, 3.8) is 0 Å². The first-order chi connectivity index (χ1) is 13.4. The van der Waals surface area contributed by atoms with Crippen molar-refractivity contribution >= 4 is 34.2 Å². The van der Waals surface area contributed by atoms with Crippen LogP contribution in [0.4, 0.5) is 0 Å². The van der Waals surface area contributed by atoms with Crippen LogP contribution in [0.2, 0.25) is 5.02 Å². The van der Waals surface area contributed by atoms with Crippen LogP contribution in [0.3, 0.4) is 0 Å². The Kier molecular flexibility index (Phi) is 4.98. The highest BCUT2D eigenvalue weighted by molar-refractivity contribution is 7.78. The van der Waals surface area contributed by atoms with E-state index < -0.39 is 23.0 Å². The van der Waals surface area contributed by atoms with Crippen molar-refractivity contribution in [1.82, 2.24) is 9.78 Å². The van der Waals surface area contributed by atoms with Crippen molar-refractivity contribution in [2.45, 2.75) is 44.1 Å². The SMILES string of the molecule is CC1=NOC(c2c(CS(=O)[O-])ccc(C(=O)c3c[nH]n(C4CC4)c3=O)c2Cl)C1. The lowest BCUT2D eigenvalue weighted by Gasteiger charge is -2.19. The van der Waals surface area contributed by atoms with Crippen LogP contribution in [0.15, 0.2) is 28.3 Å². The minimum Gasteiger partial charge on any atom is -0.772 e. The third-order valence-electron chi connectivity index (χ3n) is 4.88. The second-order valence-corrected chi connectivity index (χ2v) is 8.27. The van der Waals surface area contributed by atoms with E-state index in [4.69, 9.17) is 16.4 Å². The van der Waals surface area contributed by atoms with Crippen LogP contribution < -0.4 is 5.56 Å². The van der Waals surface area contributed by atoms with Gasteiger partial charge in [0.1, 0.15) is 5.56 Å². The van der Waals surface area contributed by atoms with Crippen LogP contribution in [-0.2, 0) is 21.7 Å². The van der Waals surface area contributed by atoms with E-state index in [1.165, 1.54) is 23.0 Å². The molecule has 8 nitrogen and oxygen atoms in total. The molecule has 0 radical (unpaired) electrons. The predicted molar refractivity (Wildman–Crippen MR) is 102 cm³/mol. The number of hydrogen-bond acceptors (Lipinski definition) is 6. The van der Waals surface area contributed by atoms with E-state index in [9.17, 15) is 18.4 Å². The fraction of sp³-hybridized carbons (Fsp3) is 0.389. The molecule has 4 rings (SSSR count). The number of H-pyrrole nitrogens is 1. The zero-order valence-corrected chi connectivity index (χ0v) is 16.5. The molecule has 1 aliphatic carbocycles. The molecule has 2 unspecified atom stereocenters. The van der Waals surface area contributed by atoms with Gasteiger partial charge < -0.3 is 14.5 Å². The molecule has 1 N–H and O–H groups in total. The maximum atomic E-state index is 13.0. The number of ketones is 1. The molecule has 0 saturated heterocycles. The van der Waals surface area contributed by atoms with Crippen molar-refractivity contribution in [2.24, 2.45) is 5.16 Å². The first-order valence-electron chi connectivity index (χ1n) is 8.78. The molecule has 0 amide bonds. The standard InChI is InChI=1S/C18H18ClN3O5S/c1-9-6-14(27-21-9)15-10(8-28(25)26)2-5-12(16(15)19)17(23)13-7-20-22(18(13)24)11-3-4-11/h2,5,7,11,14,20H,3-4,6,8H2,1H3,(H,25,26)/p-1. The highest BCUT2D eigenvalue weighted by atomic mass is 35.5. The molecule has 0 bridgehead atoms. The average molecular weight is 423 g/mol. The third kappa shape index (κ3) is 3.45. The molecule has 1 aliphatic heterocycles. The monoisotopic (exact) mass is 422 g/mol. The number of rotatable bonds is 6. The molecule has 148 valence electrons. The molecular formula is C18H17ClN3O5S-. The molecule has 10 heteroatoms. The van der Waals surface area contributed by atoms with Gasteiger partial charge in [-0.3, -0.25) is 13.8 Å². The molecule has 1 aromatic carbocycles. The molecule has 28 heavy (non-hydrogen) atoms. The van der Waals surface area contributed by atoms with Gasteiger partial charge in [-0.2, -0.15) is 0 Å². The predicted octanol–water partition coefficient (Wildman–Crippen LogP) is 2.61. The minimum atomic E-state index is -2.34. The Labute approximate surface area is 167 Å². The fourth-order valence-electron chi connectivity index (χ4n) is 3.36. The Hall–Kier alpha value is -2.23. The van der Waals surface area contributed by atoms with E-state index in [0.717, 1.165) is 18.6 Å². The molecule has 2 aliphatic rings. The quantitative estimate of drug-likeness (QED) is 0.567. The number of aromatic nitrogens is 2. The lowest BCUT2D eigenvalue weighted by molar-refractivity contribution is 0.0851.